The molecule has 5 nitrogen and oxygen atoms in total. The highest BCUT2D eigenvalue weighted by Gasteiger charge is 2.20. The summed E-state index contributed by atoms with van der Waals surface area (Å²) < 4.78 is 12.9. The van der Waals surface area contributed by atoms with Crippen molar-refractivity contribution in [3.05, 3.63) is 75.6 Å². The monoisotopic (exact) mass is 302 g/mol. The fraction of sp³-hybridized carbons (Fsp3) is 0.188. The van der Waals surface area contributed by atoms with Crippen LogP contribution >= 0.6 is 0 Å². The summed E-state index contributed by atoms with van der Waals surface area (Å²) in [5, 5.41) is 10.8. The highest BCUT2D eigenvalue weighted by Crippen LogP contribution is 2.24. The first-order valence-corrected chi connectivity index (χ1v) is 6.67. The number of nitrogens with zero attached hydrogens (tertiary/aromatic N) is 2. The molecular weight excluding hydrogens is 287 g/mol. The van der Waals surface area contributed by atoms with E-state index in [-0.39, 0.29) is 17.6 Å². The smallest absolute Gasteiger partial charge is 0.269 e. The predicted octanol–water partition coefficient (Wildman–Crippen LogP) is 3.57. The Balaban J connectivity index is 2.22. The lowest BCUT2D eigenvalue weighted by atomic mass is 10.1. The van der Waals surface area contributed by atoms with E-state index in [1.807, 2.05) is 0 Å². The number of non-ortho nitro benzene ring substituents is 1. The highest BCUT2D eigenvalue weighted by atomic mass is 19.1. The molecule has 2 aromatic rings. The standard InChI is InChI=1S/C16H15FN2O3/c1-11(13-4-3-5-15(10-13)19(21)22)18(2)16(20)12-6-8-14(17)9-7-12/h3-11H,1-2H3/t11-/m0/s1. The fourth-order valence-electron chi connectivity index (χ4n) is 2.09. The highest BCUT2D eigenvalue weighted by molar-refractivity contribution is 5.94. The van der Waals surface area contributed by atoms with E-state index in [1.54, 1.807) is 26.1 Å². The Morgan fingerprint density at radius 3 is 2.45 bits per heavy atom. The summed E-state index contributed by atoms with van der Waals surface area (Å²) in [6.45, 7) is 1.78. The van der Waals surface area contributed by atoms with Crippen LogP contribution in [0, 0.1) is 15.9 Å². The Labute approximate surface area is 127 Å². The topological polar surface area (TPSA) is 63.5 Å². The minimum Gasteiger partial charge on any atom is -0.335 e. The maximum atomic E-state index is 12.9. The zero-order valence-electron chi connectivity index (χ0n) is 12.2. The second kappa shape index (κ2) is 6.34. The molecule has 0 aliphatic rings. The van der Waals surface area contributed by atoms with Gasteiger partial charge in [-0.05, 0) is 36.8 Å². The van der Waals surface area contributed by atoms with Gasteiger partial charge < -0.3 is 4.90 Å². The number of halogens is 1. The van der Waals surface area contributed by atoms with E-state index in [0.717, 1.165) is 0 Å². The van der Waals surface area contributed by atoms with Gasteiger partial charge in [-0.2, -0.15) is 0 Å². The molecule has 0 radical (unpaired) electrons. The molecule has 0 fully saturated rings. The molecule has 0 aromatic heterocycles. The number of hydrogen-bond acceptors (Lipinski definition) is 3. The number of benzene rings is 2. The molecule has 6 heteroatoms. The molecule has 0 saturated heterocycles. The van der Waals surface area contributed by atoms with Gasteiger partial charge in [0.2, 0.25) is 0 Å². The van der Waals surface area contributed by atoms with E-state index in [2.05, 4.69) is 0 Å². The van der Waals surface area contributed by atoms with Gasteiger partial charge in [0.15, 0.2) is 0 Å². The number of carbonyl (C=O) groups is 1. The van der Waals surface area contributed by atoms with Gasteiger partial charge in [-0.15, -0.1) is 0 Å². The molecule has 0 unspecified atom stereocenters. The minimum absolute atomic E-state index is 0.0213. The number of carbonyl (C=O) groups excluding carboxylic acids is 1. The van der Waals surface area contributed by atoms with Crippen molar-refractivity contribution in [3.8, 4) is 0 Å². The van der Waals surface area contributed by atoms with Crippen LogP contribution in [0.1, 0.15) is 28.9 Å². The maximum absolute atomic E-state index is 12.9. The minimum atomic E-state index is -0.474. The van der Waals surface area contributed by atoms with Crippen LogP contribution in [-0.2, 0) is 0 Å². The third-order valence-electron chi connectivity index (χ3n) is 3.56. The second-order valence-electron chi connectivity index (χ2n) is 4.95. The summed E-state index contributed by atoms with van der Waals surface area (Å²) in [7, 11) is 1.61. The molecule has 0 heterocycles. The third kappa shape index (κ3) is 3.28. The molecule has 1 amide bonds. The summed E-state index contributed by atoms with van der Waals surface area (Å²) in [4.78, 5) is 24.2. The van der Waals surface area contributed by atoms with E-state index >= 15 is 0 Å². The second-order valence-corrected chi connectivity index (χ2v) is 4.95. The lowest BCUT2D eigenvalue weighted by Gasteiger charge is -2.25. The van der Waals surface area contributed by atoms with Crippen LogP contribution < -0.4 is 0 Å². The first-order valence-electron chi connectivity index (χ1n) is 6.67. The third-order valence-corrected chi connectivity index (χ3v) is 3.56. The Bertz CT molecular complexity index is 701. The summed E-state index contributed by atoms with van der Waals surface area (Å²) in [5.74, 6) is -0.690. The molecule has 0 spiro atoms. The van der Waals surface area contributed by atoms with Crippen molar-refractivity contribution in [3.63, 3.8) is 0 Å². The number of hydrogen-bond donors (Lipinski definition) is 0. The van der Waals surface area contributed by atoms with Crippen molar-refractivity contribution >= 4 is 11.6 Å². The van der Waals surface area contributed by atoms with Crippen LogP contribution in [0.4, 0.5) is 10.1 Å². The van der Waals surface area contributed by atoms with Crippen molar-refractivity contribution in [2.45, 2.75) is 13.0 Å². The van der Waals surface area contributed by atoms with Gasteiger partial charge in [-0.25, -0.2) is 4.39 Å². The molecule has 0 bridgehead atoms. The zero-order chi connectivity index (χ0) is 16.3. The Morgan fingerprint density at radius 2 is 1.86 bits per heavy atom. The Morgan fingerprint density at radius 1 is 1.23 bits per heavy atom. The largest absolute Gasteiger partial charge is 0.335 e. The summed E-state index contributed by atoms with van der Waals surface area (Å²) in [5.41, 5.74) is 1.00. The quantitative estimate of drug-likeness (QED) is 0.640. The molecule has 0 N–H and O–H groups in total. The number of nitro benzene ring substituents is 1. The van der Waals surface area contributed by atoms with Crippen molar-refractivity contribution in [2.24, 2.45) is 0 Å². The summed E-state index contributed by atoms with van der Waals surface area (Å²) in [6, 6.07) is 11.1. The normalized spacial score (nSPS) is 11.8. The Kier molecular flexibility index (Phi) is 4.50. The van der Waals surface area contributed by atoms with Gasteiger partial charge >= 0.3 is 0 Å². The van der Waals surface area contributed by atoms with Crippen molar-refractivity contribution in [1.82, 2.24) is 4.90 Å². The zero-order valence-corrected chi connectivity index (χ0v) is 12.2. The lowest BCUT2D eigenvalue weighted by Crippen LogP contribution is -2.29. The molecule has 114 valence electrons. The summed E-state index contributed by atoms with van der Waals surface area (Å²) in [6.07, 6.45) is 0. The first-order chi connectivity index (χ1) is 10.4. The molecule has 22 heavy (non-hydrogen) atoms. The van der Waals surface area contributed by atoms with Crippen LogP contribution in [0.5, 0.6) is 0 Å². The lowest BCUT2D eigenvalue weighted by molar-refractivity contribution is -0.384. The molecule has 2 rings (SSSR count). The van der Waals surface area contributed by atoms with Crippen LogP contribution in [-0.4, -0.2) is 22.8 Å². The van der Waals surface area contributed by atoms with Crippen LogP contribution in [0.15, 0.2) is 48.5 Å². The van der Waals surface area contributed by atoms with Gasteiger partial charge in [0.05, 0.1) is 11.0 Å². The maximum Gasteiger partial charge on any atom is 0.269 e. The van der Waals surface area contributed by atoms with E-state index in [4.69, 9.17) is 0 Å². The number of amides is 1. The van der Waals surface area contributed by atoms with Crippen LogP contribution in [0.2, 0.25) is 0 Å². The average molecular weight is 302 g/mol. The van der Waals surface area contributed by atoms with Gasteiger partial charge in [0, 0.05) is 24.7 Å². The summed E-state index contributed by atoms with van der Waals surface area (Å²) >= 11 is 0. The molecule has 1 atom stereocenters. The first kappa shape index (κ1) is 15.6. The van der Waals surface area contributed by atoms with Gasteiger partial charge in [0.25, 0.3) is 11.6 Å². The van der Waals surface area contributed by atoms with E-state index in [9.17, 15) is 19.3 Å². The molecule has 2 aromatic carbocycles. The van der Waals surface area contributed by atoms with E-state index in [0.29, 0.717) is 11.1 Å². The molecule has 0 aliphatic carbocycles. The van der Waals surface area contributed by atoms with Crippen molar-refractivity contribution in [1.29, 1.82) is 0 Å². The number of rotatable bonds is 4. The van der Waals surface area contributed by atoms with Gasteiger partial charge in [0.1, 0.15) is 5.82 Å². The van der Waals surface area contributed by atoms with Gasteiger partial charge in [-0.3, -0.25) is 14.9 Å². The number of nitro groups is 1. The van der Waals surface area contributed by atoms with Crippen molar-refractivity contribution < 1.29 is 14.1 Å². The van der Waals surface area contributed by atoms with Crippen LogP contribution in [0.3, 0.4) is 0 Å². The molecular formula is C16H15FN2O3. The van der Waals surface area contributed by atoms with Crippen LogP contribution in [0.25, 0.3) is 0 Å². The fourth-order valence-corrected chi connectivity index (χ4v) is 2.09. The van der Waals surface area contributed by atoms with Crippen molar-refractivity contribution in [2.75, 3.05) is 7.05 Å². The molecule has 0 aliphatic heterocycles. The average Bonchev–Trinajstić information content (AvgIpc) is 2.53. The SMILES string of the molecule is C[C@@H](c1cccc([N+](=O)[O-])c1)N(C)C(=O)c1ccc(F)cc1. The van der Waals surface area contributed by atoms with Gasteiger partial charge in [-0.1, -0.05) is 12.1 Å². The van der Waals surface area contributed by atoms with E-state index in [1.165, 1.54) is 41.3 Å². The Hall–Kier alpha value is -2.76. The van der Waals surface area contributed by atoms with E-state index < -0.39 is 10.7 Å². The predicted molar refractivity (Wildman–Crippen MR) is 80.0 cm³/mol. The molecule has 0 saturated carbocycles.